The van der Waals surface area contributed by atoms with Crippen LogP contribution < -0.4 is 0 Å². The number of carbonyl (C=O) groups is 1. The van der Waals surface area contributed by atoms with Gasteiger partial charge in [-0.05, 0) is 44.9 Å². The topological polar surface area (TPSA) is 98.0 Å². The van der Waals surface area contributed by atoms with Crippen molar-refractivity contribution in [2.45, 2.75) is 76.6 Å². The van der Waals surface area contributed by atoms with Gasteiger partial charge in [-0.2, -0.15) is 0 Å². The first kappa shape index (κ1) is 22.6. The molecule has 1 unspecified atom stereocenters. The Kier molecular flexibility index (Phi) is 9.84. The molecule has 1 fully saturated rings. The van der Waals surface area contributed by atoms with Gasteiger partial charge < -0.3 is 20.4 Å². The summed E-state index contributed by atoms with van der Waals surface area (Å²) in [5.74, 6) is -0.990. The van der Waals surface area contributed by atoms with Gasteiger partial charge >= 0.3 is 5.97 Å². The quantitative estimate of drug-likeness (QED) is 0.332. The number of hydrogen-bond donors (Lipinski definition) is 4. The van der Waals surface area contributed by atoms with Gasteiger partial charge in [0.1, 0.15) is 0 Å². The zero-order valence-corrected chi connectivity index (χ0v) is 15.9. The summed E-state index contributed by atoms with van der Waals surface area (Å²) in [6.07, 6.45) is 14.1. The van der Waals surface area contributed by atoms with E-state index >= 15 is 0 Å². The van der Waals surface area contributed by atoms with E-state index in [1.54, 1.807) is 13.0 Å². The predicted molar refractivity (Wildman–Crippen MR) is 103 cm³/mol. The van der Waals surface area contributed by atoms with Crippen molar-refractivity contribution < 1.29 is 25.2 Å². The Bertz CT molecular complexity index is 507. The number of unbranched alkanes of at least 4 members (excludes halogenated alkanes) is 1. The molecule has 26 heavy (non-hydrogen) atoms. The van der Waals surface area contributed by atoms with Crippen LogP contribution in [0.15, 0.2) is 36.5 Å². The molecule has 5 heteroatoms. The van der Waals surface area contributed by atoms with E-state index in [0.29, 0.717) is 32.1 Å². The van der Waals surface area contributed by atoms with E-state index in [1.165, 1.54) is 0 Å². The van der Waals surface area contributed by atoms with Crippen molar-refractivity contribution in [1.82, 2.24) is 0 Å². The maximum Gasteiger partial charge on any atom is 0.303 e. The Balaban J connectivity index is 2.55. The van der Waals surface area contributed by atoms with Gasteiger partial charge in [-0.15, -0.1) is 0 Å². The van der Waals surface area contributed by atoms with E-state index in [0.717, 1.165) is 6.42 Å². The van der Waals surface area contributed by atoms with Gasteiger partial charge in [-0.1, -0.05) is 43.4 Å². The molecule has 1 aliphatic rings. The molecule has 4 N–H and O–H groups in total. The zero-order valence-electron chi connectivity index (χ0n) is 15.9. The van der Waals surface area contributed by atoms with Crippen LogP contribution in [0.2, 0.25) is 0 Å². The van der Waals surface area contributed by atoms with Crippen LogP contribution in [0.25, 0.3) is 0 Å². The van der Waals surface area contributed by atoms with Gasteiger partial charge in [-0.25, -0.2) is 0 Å². The molecule has 1 aliphatic carbocycles. The first-order chi connectivity index (χ1) is 12.3. The molecule has 0 aromatic heterocycles. The van der Waals surface area contributed by atoms with Crippen molar-refractivity contribution in [2.24, 2.45) is 11.8 Å². The number of aliphatic hydroxyl groups is 3. The molecule has 1 rings (SSSR count). The molecule has 0 radical (unpaired) electrons. The van der Waals surface area contributed by atoms with Gasteiger partial charge in [0, 0.05) is 18.8 Å². The minimum atomic E-state index is -0.909. The Hall–Kier alpha value is -1.43. The van der Waals surface area contributed by atoms with Gasteiger partial charge in [0.25, 0.3) is 0 Å². The average Bonchev–Trinajstić information content (AvgIpc) is 2.82. The third-order valence-corrected chi connectivity index (χ3v) is 4.85. The molecule has 5 atom stereocenters. The van der Waals surface area contributed by atoms with Crippen molar-refractivity contribution in [3.63, 3.8) is 0 Å². The number of hydrogen-bond acceptors (Lipinski definition) is 4. The largest absolute Gasteiger partial charge is 0.481 e. The Morgan fingerprint density at radius 2 is 1.88 bits per heavy atom. The van der Waals surface area contributed by atoms with Gasteiger partial charge in [0.2, 0.25) is 0 Å². The standard InChI is InChI=1S/C21H34O5/c1-3-4-13-21(2,26)14-9-11-17-16(18(22)15-19(17)23)10-7-5-6-8-12-20(24)25/h4-5,7,9,11,13,16-19,22-23,26H,3,6,8,10,12,14-15H2,1-2H3,(H,24,25)/b7-5-,11-9+,13-4+/t16-,17-,18+,19-,21?/m1/s1. The summed E-state index contributed by atoms with van der Waals surface area (Å²) in [5, 5.41) is 39.3. The van der Waals surface area contributed by atoms with E-state index in [1.807, 2.05) is 37.3 Å². The highest BCUT2D eigenvalue weighted by molar-refractivity contribution is 5.66. The highest BCUT2D eigenvalue weighted by Gasteiger charge is 2.39. The molecule has 0 bridgehead atoms. The maximum atomic E-state index is 10.5. The number of aliphatic carboxylic acids is 1. The summed E-state index contributed by atoms with van der Waals surface area (Å²) in [4.78, 5) is 10.5. The lowest BCUT2D eigenvalue weighted by molar-refractivity contribution is -0.137. The number of aliphatic hydroxyl groups excluding tert-OH is 2. The third kappa shape index (κ3) is 8.30. The van der Waals surface area contributed by atoms with Crippen molar-refractivity contribution in [3.05, 3.63) is 36.5 Å². The number of rotatable bonds is 11. The van der Waals surface area contributed by atoms with Crippen molar-refractivity contribution >= 4 is 5.97 Å². The molecular weight excluding hydrogens is 332 g/mol. The minimum absolute atomic E-state index is 0.0619. The summed E-state index contributed by atoms with van der Waals surface area (Å²) in [6, 6.07) is 0. The fraction of sp³-hybridized carbons (Fsp3) is 0.667. The zero-order chi connectivity index (χ0) is 19.6. The van der Waals surface area contributed by atoms with Gasteiger partial charge in [0.05, 0.1) is 17.8 Å². The Labute approximate surface area is 156 Å². The molecule has 0 spiro atoms. The monoisotopic (exact) mass is 366 g/mol. The lowest BCUT2D eigenvalue weighted by Gasteiger charge is -2.20. The normalized spacial score (nSPS) is 29.1. The van der Waals surface area contributed by atoms with Gasteiger partial charge in [-0.3, -0.25) is 4.79 Å². The van der Waals surface area contributed by atoms with E-state index in [4.69, 9.17) is 5.11 Å². The minimum Gasteiger partial charge on any atom is -0.481 e. The van der Waals surface area contributed by atoms with E-state index < -0.39 is 23.8 Å². The fourth-order valence-corrected chi connectivity index (χ4v) is 3.35. The molecule has 0 aromatic rings. The second kappa shape index (κ2) is 11.3. The molecule has 148 valence electrons. The van der Waals surface area contributed by atoms with E-state index in [9.17, 15) is 20.1 Å². The van der Waals surface area contributed by atoms with Crippen LogP contribution in [0, 0.1) is 11.8 Å². The third-order valence-electron chi connectivity index (χ3n) is 4.85. The van der Waals surface area contributed by atoms with Crippen LogP contribution in [0.1, 0.15) is 58.8 Å². The summed E-state index contributed by atoms with van der Waals surface area (Å²) < 4.78 is 0. The van der Waals surface area contributed by atoms with Crippen LogP contribution in [-0.4, -0.2) is 44.2 Å². The van der Waals surface area contributed by atoms with Gasteiger partial charge in [0.15, 0.2) is 0 Å². The molecule has 0 amide bonds. The van der Waals surface area contributed by atoms with E-state index in [-0.39, 0.29) is 18.3 Å². The van der Waals surface area contributed by atoms with Crippen molar-refractivity contribution in [3.8, 4) is 0 Å². The summed E-state index contributed by atoms with van der Waals surface area (Å²) in [6.45, 7) is 3.76. The Morgan fingerprint density at radius 1 is 1.15 bits per heavy atom. The van der Waals surface area contributed by atoms with Crippen LogP contribution in [0.4, 0.5) is 0 Å². The predicted octanol–water partition coefficient (Wildman–Crippen LogP) is 3.21. The lowest BCUT2D eigenvalue weighted by Crippen LogP contribution is -2.21. The molecule has 1 saturated carbocycles. The molecule has 0 saturated heterocycles. The van der Waals surface area contributed by atoms with Crippen LogP contribution >= 0.6 is 0 Å². The summed E-state index contributed by atoms with van der Waals surface area (Å²) >= 11 is 0. The summed E-state index contributed by atoms with van der Waals surface area (Å²) in [7, 11) is 0. The fourth-order valence-electron chi connectivity index (χ4n) is 3.35. The molecule has 0 aliphatic heterocycles. The smallest absolute Gasteiger partial charge is 0.303 e. The SMILES string of the molecule is CC/C=C/C(C)(O)C/C=C/[C@@H]1[C@@H](C/C=C\CCCC(=O)O)[C@@H](O)C[C@H]1O. The Morgan fingerprint density at radius 3 is 2.54 bits per heavy atom. The summed E-state index contributed by atoms with van der Waals surface area (Å²) in [5.41, 5.74) is -0.909. The first-order valence-electron chi connectivity index (χ1n) is 9.56. The maximum absolute atomic E-state index is 10.5. The molecule has 5 nitrogen and oxygen atoms in total. The number of allylic oxidation sites excluding steroid dienone is 3. The first-order valence-corrected chi connectivity index (χ1v) is 9.56. The highest BCUT2D eigenvalue weighted by atomic mass is 16.4. The second-order valence-electron chi connectivity index (χ2n) is 7.40. The number of carboxylic acids is 1. The molecule has 0 aromatic carbocycles. The number of carboxylic acid groups (broad SMARTS) is 1. The van der Waals surface area contributed by atoms with Crippen molar-refractivity contribution in [1.29, 1.82) is 0 Å². The van der Waals surface area contributed by atoms with Crippen LogP contribution in [0.3, 0.4) is 0 Å². The van der Waals surface area contributed by atoms with Crippen molar-refractivity contribution in [2.75, 3.05) is 0 Å². The second-order valence-corrected chi connectivity index (χ2v) is 7.40. The highest BCUT2D eigenvalue weighted by Crippen LogP contribution is 2.36. The van der Waals surface area contributed by atoms with E-state index in [2.05, 4.69) is 0 Å². The van der Waals surface area contributed by atoms with Crippen LogP contribution in [0.5, 0.6) is 0 Å². The molecule has 0 heterocycles. The van der Waals surface area contributed by atoms with Crippen LogP contribution in [-0.2, 0) is 4.79 Å². The molecular formula is C21H34O5. The average molecular weight is 366 g/mol. The lowest BCUT2D eigenvalue weighted by atomic mass is 9.89.